The van der Waals surface area contributed by atoms with Gasteiger partial charge in [-0.25, -0.2) is 13.4 Å². The minimum atomic E-state index is -3.52. The first-order chi connectivity index (χ1) is 16.4. The van der Waals surface area contributed by atoms with Crippen LogP contribution in [0.5, 0.6) is 0 Å². The van der Waals surface area contributed by atoms with Crippen molar-refractivity contribution in [3.8, 4) is 11.3 Å². The molecule has 1 amide bonds. The van der Waals surface area contributed by atoms with Gasteiger partial charge in [0.25, 0.3) is 5.91 Å². The van der Waals surface area contributed by atoms with E-state index in [1.807, 2.05) is 36.9 Å². The van der Waals surface area contributed by atoms with Gasteiger partial charge in [0.05, 0.1) is 17.1 Å². The number of hydrogen-bond donors (Lipinski definition) is 0. The van der Waals surface area contributed by atoms with Crippen LogP contribution < -0.4 is 0 Å². The van der Waals surface area contributed by atoms with Gasteiger partial charge in [0.2, 0.25) is 10.0 Å². The summed E-state index contributed by atoms with van der Waals surface area (Å²) in [7, 11) is -3.52. The van der Waals surface area contributed by atoms with Crippen LogP contribution in [0.15, 0.2) is 64.9 Å². The van der Waals surface area contributed by atoms with Crippen LogP contribution in [0.4, 0.5) is 0 Å². The minimum Gasteiger partial charge on any atom is -0.336 e. The number of thiazole rings is 1. The highest BCUT2D eigenvalue weighted by Crippen LogP contribution is 2.23. The quantitative estimate of drug-likeness (QED) is 0.472. The van der Waals surface area contributed by atoms with Gasteiger partial charge in [0.15, 0.2) is 0 Å². The number of sulfonamides is 1. The maximum Gasteiger partial charge on any atom is 0.253 e. The SMILES string of the molecule is CCN(CC)S(=O)(=O)c1ccc(C(=O)N2CCN(Cc3nc(-c4ccccc4)cs3)CC2)cc1. The molecular weight excluding hydrogens is 468 g/mol. The van der Waals surface area contributed by atoms with Crippen molar-refractivity contribution in [1.82, 2.24) is 19.1 Å². The average Bonchev–Trinajstić information content (AvgIpc) is 3.34. The molecule has 0 aliphatic carbocycles. The molecule has 0 unspecified atom stereocenters. The average molecular weight is 499 g/mol. The van der Waals surface area contributed by atoms with E-state index in [1.54, 1.807) is 23.5 Å². The van der Waals surface area contributed by atoms with Gasteiger partial charge in [-0.15, -0.1) is 11.3 Å². The lowest BCUT2D eigenvalue weighted by Gasteiger charge is -2.34. The Morgan fingerprint density at radius 1 is 0.971 bits per heavy atom. The number of benzene rings is 2. The molecule has 1 aromatic heterocycles. The molecule has 1 aliphatic heterocycles. The first kappa shape index (κ1) is 24.5. The predicted molar refractivity (Wildman–Crippen MR) is 135 cm³/mol. The van der Waals surface area contributed by atoms with E-state index < -0.39 is 10.0 Å². The van der Waals surface area contributed by atoms with Crippen LogP contribution in [0.1, 0.15) is 29.2 Å². The predicted octanol–water partition coefficient (Wildman–Crippen LogP) is 3.80. The number of nitrogens with zero attached hydrogens (tertiary/aromatic N) is 4. The molecule has 4 rings (SSSR count). The number of carbonyl (C=O) groups is 1. The molecular formula is C25H30N4O3S2. The molecule has 0 spiro atoms. The molecule has 1 fully saturated rings. The second kappa shape index (κ2) is 10.8. The van der Waals surface area contributed by atoms with Crippen molar-refractivity contribution < 1.29 is 13.2 Å². The summed E-state index contributed by atoms with van der Waals surface area (Å²) in [5.41, 5.74) is 2.64. The van der Waals surface area contributed by atoms with Crippen LogP contribution >= 0.6 is 11.3 Å². The summed E-state index contributed by atoms with van der Waals surface area (Å²) in [6.07, 6.45) is 0. The van der Waals surface area contributed by atoms with Crippen LogP contribution in [0.2, 0.25) is 0 Å². The Morgan fingerprint density at radius 2 is 1.62 bits per heavy atom. The minimum absolute atomic E-state index is 0.0629. The van der Waals surface area contributed by atoms with Gasteiger partial charge >= 0.3 is 0 Å². The van der Waals surface area contributed by atoms with Gasteiger partial charge in [-0.1, -0.05) is 44.2 Å². The van der Waals surface area contributed by atoms with Gasteiger partial charge < -0.3 is 4.90 Å². The standard InChI is InChI=1S/C25H30N4O3S2/c1-3-29(4-2)34(31,32)22-12-10-21(11-13-22)25(30)28-16-14-27(15-17-28)18-24-26-23(19-33-24)20-8-6-5-7-9-20/h5-13,19H,3-4,14-18H2,1-2H3. The Morgan fingerprint density at radius 3 is 2.24 bits per heavy atom. The fourth-order valence-corrected chi connectivity index (χ4v) is 6.39. The third-order valence-electron chi connectivity index (χ3n) is 6.08. The van der Waals surface area contributed by atoms with E-state index in [2.05, 4.69) is 22.4 Å². The number of piperazine rings is 1. The van der Waals surface area contributed by atoms with Crippen molar-refractivity contribution in [2.45, 2.75) is 25.3 Å². The number of aromatic nitrogens is 1. The number of carbonyl (C=O) groups excluding carboxylic acids is 1. The first-order valence-electron chi connectivity index (χ1n) is 11.5. The topological polar surface area (TPSA) is 73.8 Å². The molecule has 2 aromatic carbocycles. The van der Waals surface area contributed by atoms with E-state index in [-0.39, 0.29) is 10.8 Å². The highest BCUT2D eigenvalue weighted by molar-refractivity contribution is 7.89. The maximum atomic E-state index is 13.0. The zero-order chi connectivity index (χ0) is 24.1. The number of hydrogen-bond acceptors (Lipinski definition) is 6. The summed E-state index contributed by atoms with van der Waals surface area (Å²) in [5.74, 6) is -0.0629. The Hall–Kier alpha value is -2.59. The Balaban J connectivity index is 1.33. The highest BCUT2D eigenvalue weighted by Gasteiger charge is 2.25. The molecule has 1 aliphatic rings. The van der Waals surface area contributed by atoms with Gasteiger partial charge in [0, 0.05) is 55.8 Å². The first-order valence-corrected chi connectivity index (χ1v) is 13.9. The number of rotatable bonds is 8. The fourth-order valence-electron chi connectivity index (χ4n) is 4.09. The summed E-state index contributed by atoms with van der Waals surface area (Å²) in [4.78, 5) is 22.1. The Bertz CT molecular complexity index is 1200. The van der Waals surface area contributed by atoms with Gasteiger partial charge in [-0.2, -0.15) is 4.31 Å². The smallest absolute Gasteiger partial charge is 0.253 e. The van der Waals surface area contributed by atoms with Crippen LogP contribution in [-0.4, -0.2) is 72.7 Å². The van der Waals surface area contributed by atoms with Crippen molar-refractivity contribution >= 4 is 27.3 Å². The van der Waals surface area contributed by atoms with E-state index in [0.717, 1.165) is 35.9 Å². The van der Waals surface area contributed by atoms with Crippen molar-refractivity contribution in [1.29, 1.82) is 0 Å². The second-order valence-corrected chi connectivity index (χ2v) is 11.1. The fraction of sp³-hybridized carbons (Fsp3) is 0.360. The summed E-state index contributed by atoms with van der Waals surface area (Å²) >= 11 is 1.66. The van der Waals surface area contributed by atoms with Crippen LogP contribution in [0.3, 0.4) is 0 Å². The molecule has 3 aromatic rings. The molecule has 7 nitrogen and oxygen atoms in total. The molecule has 34 heavy (non-hydrogen) atoms. The van der Waals surface area contributed by atoms with Gasteiger partial charge in [-0.3, -0.25) is 9.69 Å². The highest BCUT2D eigenvalue weighted by atomic mass is 32.2. The maximum absolute atomic E-state index is 13.0. The van der Waals surface area contributed by atoms with Crippen LogP contribution in [-0.2, 0) is 16.6 Å². The zero-order valence-electron chi connectivity index (χ0n) is 19.6. The summed E-state index contributed by atoms with van der Waals surface area (Å²) < 4.78 is 26.7. The third-order valence-corrected chi connectivity index (χ3v) is 8.98. The third kappa shape index (κ3) is 5.38. The molecule has 9 heteroatoms. The lowest BCUT2D eigenvalue weighted by Crippen LogP contribution is -2.48. The lowest BCUT2D eigenvalue weighted by molar-refractivity contribution is 0.0628. The summed E-state index contributed by atoms with van der Waals surface area (Å²) in [6.45, 7) is 8.06. The van der Waals surface area contributed by atoms with E-state index in [9.17, 15) is 13.2 Å². The van der Waals surface area contributed by atoms with Crippen molar-refractivity contribution in [2.24, 2.45) is 0 Å². The second-order valence-electron chi connectivity index (χ2n) is 8.17. The van der Waals surface area contributed by atoms with Crippen molar-refractivity contribution in [2.75, 3.05) is 39.3 Å². The lowest BCUT2D eigenvalue weighted by atomic mass is 10.2. The summed E-state index contributed by atoms with van der Waals surface area (Å²) in [6, 6.07) is 16.5. The van der Waals surface area contributed by atoms with E-state index >= 15 is 0 Å². The van der Waals surface area contributed by atoms with E-state index in [1.165, 1.54) is 16.4 Å². The molecule has 0 atom stereocenters. The van der Waals surface area contributed by atoms with Crippen LogP contribution in [0, 0.1) is 0 Å². The zero-order valence-corrected chi connectivity index (χ0v) is 21.2. The van der Waals surface area contributed by atoms with E-state index in [0.29, 0.717) is 31.7 Å². The van der Waals surface area contributed by atoms with Crippen molar-refractivity contribution in [3.63, 3.8) is 0 Å². The molecule has 0 saturated carbocycles. The molecule has 0 radical (unpaired) electrons. The molecule has 0 bridgehead atoms. The Labute approximate surface area is 205 Å². The Kier molecular flexibility index (Phi) is 7.77. The van der Waals surface area contributed by atoms with E-state index in [4.69, 9.17) is 4.98 Å². The molecule has 180 valence electrons. The largest absolute Gasteiger partial charge is 0.336 e. The van der Waals surface area contributed by atoms with Crippen LogP contribution in [0.25, 0.3) is 11.3 Å². The number of amides is 1. The molecule has 2 heterocycles. The van der Waals surface area contributed by atoms with Gasteiger partial charge in [0.1, 0.15) is 5.01 Å². The summed E-state index contributed by atoms with van der Waals surface area (Å²) in [5, 5.41) is 3.16. The monoisotopic (exact) mass is 498 g/mol. The normalized spacial score (nSPS) is 15.1. The van der Waals surface area contributed by atoms with Crippen molar-refractivity contribution in [3.05, 3.63) is 70.5 Å². The van der Waals surface area contributed by atoms with Gasteiger partial charge in [-0.05, 0) is 24.3 Å². The molecule has 0 N–H and O–H groups in total. The molecule has 1 saturated heterocycles.